The van der Waals surface area contributed by atoms with Crippen LogP contribution in [0.2, 0.25) is 0 Å². The number of nitro groups is 1. The van der Waals surface area contributed by atoms with Gasteiger partial charge in [0, 0.05) is 12.1 Å². The second kappa shape index (κ2) is 8.00. The Hall–Kier alpha value is -3.29. The zero-order valence-corrected chi connectivity index (χ0v) is 14.1. The predicted octanol–water partition coefficient (Wildman–Crippen LogP) is 2.94. The topological polar surface area (TPSA) is 99.9 Å². The molecule has 0 saturated carbocycles. The normalized spacial score (nSPS) is 10.0. The van der Waals surface area contributed by atoms with Crippen molar-refractivity contribution in [3.63, 3.8) is 0 Å². The van der Waals surface area contributed by atoms with E-state index in [4.69, 9.17) is 14.2 Å². The molecule has 0 saturated heterocycles. The van der Waals surface area contributed by atoms with E-state index in [1.54, 1.807) is 12.1 Å². The van der Waals surface area contributed by atoms with Crippen LogP contribution < -0.4 is 19.5 Å². The van der Waals surface area contributed by atoms with Gasteiger partial charge in [-0.3, -0.25) is 14.9 Å². The Bertz CT molecular complexity index is 791. The first-order valence-corrected chi connectivity index (χ1v) is 7.34. The van der Waals surface area contributed by atoms with Crippen molar-refractivity contribution < 1.29 is 23.9 Å². The lowest BCUT2D eigenvalue weighted by atomic mass is 10.2. The fourth-order valence-electron chi connectivity index (χ4n) is 2.15. The Morgan fingerprint density at radius 1 is 1.12 bits per heavy atom. The fourth-order valence-corrected chi connectivity index (χ4v) is 2.15. The van der Waals surface area contributed by atoms with Gasteiger partial charge in [-0.1, -0.05) is 6.07 Å². The summed E-state index contributed by atoms with van der Waals surface area (Å²) in [6.07, 6.45) is 0. The number of benzene rings is 2. The number of amides is 1. The van der Waals surface area contributed by atoms with Crippen molar-refractivity contribution in [2.75, 3.05) is 26.1 Å². The first-order valence-electron chi connectivity index (χ1n) is 7.34. The number of anilines is 1. The number of methoxy groups -OCH3 is 2. The van der Waals surface area contributed by atoms with Crippen LogP contribution in [0.25, 0.3) is 0 Å². The summed E-state index contributed by atoms with van der Waals surface area (Å²) in [6, 6.07) is 9.43. The van der Waals surface area contributed by atoms with Crippen molar-refractivity contribution in [1.82, 2.24) is 0 Å². The number of carbonyl (C=O) groups excluding carboxylic acids is 1. The van der Waals surface area contributed by atoms with Crippen molar-refractivity contribution in [2.24, 2.45) is 0 Å². The highest BCUT2D eigenvalue weighted by atomic mass is 16.6. The first kappa shape index (κ1) is 18.1. The second-order valence-electron chi connectivity index (χ2n) is 5.13. The molecule has 0 fully saturated rings. The van der Waals surface area contributed by atoms with Gasteiger partial charge in [0.1, 0.15) is 11.5 Å². The van der Waals surface area contributed by atoms with Crippen molar-refractivity contribution in [3.8, 4) is 17.2 Å². The van der Waals surface area contributed by atoms with Gasteiger partial charge in [-0.05, 0) is 30.7 Å². The molecular formula is C17H18N2O6. The predicted molar refractivity (Wildman–Crippen MR) is 91.5 cm³/mol. The standard InChI is InChI=1S/C17H18N2O6/c1-11-4-7-15(23-2)13(8-11)18-17(20)10-25-12-5-6-14(19(21)22)16(9-12)24-3/h4-9H,10H2,1-3H3,(H,18,20). The lowest BCUT2D eigenvalue weighted by Gasteiger charge is -2.12. The molecule has 0 radical (unpaired) electrons. The summed E-state index contributed by atoms with van der Waals surface area (Å²) in [5.41, 5.74) is 1.33. The summed E-state index contributed by atoms with van der Waals surface area (Å²) in [5, 5.41) is 13.6. The fraction of sp³-hybridized carbons (Fsp3) is 0.235. The Balaban J connectivity index is 2.03. The average Bonchev–Trinajstić information content (AvgIpc) is 2.59. The van der Waals surface area contributed by atoms with Gasteiger partial charge in [-0.15, -0.1) is 0 Å². The van der Waals surface area contributed by atoms with Gasteiger partial charge in [0.05, 0.1) is 24.8 Å². The molecule has 0 aromatic heterocycles. The highest BCUT2D eigenvalue weighted by Crippen LogP contribution is 2.31. The second-order valence-corrected chi connectivity index (χ2v) is 5.13. The van der Waals surface area contributed by atoms with Crippen molar-refractivity contribution in [3.05, 3.63) is 52.1 Å². The summed E-state index contributed by atoms with van der Waals surface area (Å²) >= 11 is 0. The number of rotatable bonds is 7. The minimum atomic E-state index is -0.556. The molecule has 2 aromatic rings. The zero-order valence-electron chi connectivity index (χ0n) is 14.1. The number of nitro benzene ring substituents is 1. The van der Waals surface area contributed by atoms with Crippen LogP contribution in [0.4, 0.5) is 11.4 Å². The molecule has 132 valence electrons. The molecule has 0 spiro atoms. The molecule has 25 heavy (non-hydrogen) atoms. The van der Waals surface area contributed by atoms with Crippen LogP contribution in [0.3, 0.4) is 0 Å². The molecule has 0 aliphatic rings. The average molecular weight is 346 g/mol. The largest absolute Gasteiger partial charge is 0.495 e. The quantitative estimate of drug-likeness (QED) is 0.611. The third kappa shape index (κ3) is 4.60. The third-order valence-corrected chi connectivity index (χ3v) is 3.35. The smallest absolute Gasteiger partial charge is 0.311 e. The molecule has 0 unspecified atom stereocenters. The van der Waals surface area contributed by atoms with Crippen LogP contribution in [-0.2, 0) is 4.79 Å². The molecule has 1 N–H and O–H groups in total. The number of hydrogen-bond acceptors (Lipinski definition) is 6. The molecule has 0 aliphatic carbocycles. The van der Waals surface area contributed by atoms with Crippen LogP contribution >= 0.6 is 0 Å². The number of aryl methyl sites for hydroxylation is 1. The Morgan fingerprint density at radius 2 is 1.84 bits per heavy atom. The van der Waals surface area contributed by atoms with E-state index in [-0.39, 0.29) is 29.7 Å². The summed E-state index contributed by atoms with van der Waals surface area (Å²) in [7, 11) is 2.84. The van der Waals surface area contributed by atoms with E-state index in [0.717, 1.165) is 5.56 Å². The Morgan fingerprint density at radius 3 is 2.48 bits per heavy atom. The molecule has 2 rings (SSSR count). The number of nitrogens with zero attached hydrogens (tertiary/aromatic N) is 1. The number of carbonyl (C=O) groups is 1. The van der Waals surface area contributed by atoms with Crippen LogP contribution in [0.15, 0.2) is 36.4 Å². The van der Waals surface area contributed by atoms with Gasteiger partial charge in [-0.25, -0.2) is 0 Å². The van der Waals surface area contributed by atoms with Gasteiger partial charge in [0.15, 0.2) is 6.61 Å². The molecule has 8 nitrogen and oxygen atoms in total. The molecular weight excluding hydrogens is 328 g/mol. The monoisotopic (exact) mass is 346 g/mol. The molecule has 1 amide bonds. The SMILES string of the molecule is COc1ccc(C)cc1NC(=O)COc1ccc([N+](=O)[O-])c(OC)c1. The van der Waals surface area contributed by atoms with E-state index in [0.29, 0.717) is 11.4 Å². The number of hydrogen-bond donors (Lipinski definition) is 1. The van der Waals surface area contributed by atoms with Crippen molar-refractivity contribution >= 4 is 17.3 Å². The molecule has 8 heteroatoms. The van der Waals surface area contributed by atoms with Gasteiger partial charge in [-0.2, -0.15) is 0 Å². The van der Waals surface area contributed by atoms with E-state index < -0.39 is 4.92 Å². The van der Waals surface area contributed by atoms with E-state index in [1.807, 2.05) is 13.0 Å². The Labute approximate surface area is 144 Å². The highest BCUT2D eigenvalue weighted by molar-refractivity contribution is 5.93. The first-order chi connectivity index (χ1) is 11.9. The van der Waals surface area contributed by atoms with E-state index in [1.165, 1.54) is 32.4 Å². The van der Waals surface area contributed by atoms with Gasteiger partial charge < -0.3 is 19.5 Å². The van der Waals surface area contributed by atoms with Gasteiger partial charge in [0.25, 0.3) is 5.91 Å². The molecule has 2 aromatic carbocycles. The maximum atomic E-state index is 12.1. The summed E-state index contributed by atoms with van der Waals surface area (Å²) in [6.45, 7) is 1.63. The molecule has 0 aliphatic heterocycles. The minimum Gasteiger partial charge on any atom is -0.495 e. The van der Waals surface area contributed by atoms with Gasteiger partial charge in [0.2, 0.25) is 5.75 Å². The summed E-state index contributed by atoms with van der Waals surface area (Å²) in [5.74, 6) is 0.495. The van der Waals surface area contributed by atoms with Crippen molar-refractivity contribution in [1.29, 1.82) is 0 Å². The van der Waals surface area contributed by atoms with E-state index in [9.17, 15) is 14.9 Å². The Kier molecular flexibility index (Phi) is 5.78. The summed E-state index contributed by atoms with van der Waals surface area (Å²) < 4.78 is 15.5. The van der Waals surface area contributed by atoms with E-state index >= 15 is 0 Å². The number of nitrogens with one attached hydrogen (secondary N) is 1. The molecule has 0 atom stereocenters. The third-order valence-electron chi connectivity index (χ3n) is 3.35. The lowest BCUT2D eigenvalue weighted by Crippen LogP contribution is -2.20. The zero-order chi connectivity index (χ0) is 18.4. The highest BCUT2D eigenvalue weighted by Gasteiger charge is 2.16. The van der Waals surface area contributed by atoms with Crippen LogP contribution in [0.1, 0.15) is 5.56 Å². The van der Waals surface area contributed by atoms with Gasteiger partial charge >= 0.3 is 5.69 Å². The number of ether oxygens (including phenoxy) is 3. The summed E-state index contributed by atoms with van der Waals surface area (Å²) in [4.78, 5) is 22.4. The van der Waals surface area contributed by atoms with Crippen LogP contribution in [0, 0.1) is 17.0 Å². The molecule has 0 bridgehead atoms. The maximum Gasteiger partial charge on any atom is 0.311 e. The maximum absolute atomic E-state index is 12.1. The van der Waals surface area contributed by atoms with Crippen molar-refractivity contribution in [2.45, 2.75) is 6.92 Å². The van der Waals surface area contributed by atoms with Crippen LogP contribution in [-0.4, -0.2) is 31.7 Å². The molecule has 0 heterocycles. The van der Waals surface area contributed by atoms with Crippen LogP contribution in [0.5, 0.6) is 17.2 Å². The lowest BCUT2D eigenvalue weighted by molar-refractivity contribution is -0.385. The minimum absolute atomic E-state index is 0.0586. The van der Waals surface area contributed by atoms with E-state index in [2.05, 4.69) is 5.32 Å².